The van der Waals surface area contributed by atoms with Crippen molar-refractivity contribution in [2.75, 3.05) is 0 Å². The van der Waals surface area contributed by atoms with E-state index >= 15 is 0 Å². The van der Waals surface area contributed by atoms with Gasteiger partial charge in [0.1, 0.15) is 5.82 Å². The fourth-order valence-corrected chi connectivity index (χ4v) is 5.42. The summed E-state index contributed by atoms with van der Waals surface area (Å²) in [5.41, 5.74) is 5.02. The van der Waals surface area contributed by atoms with Crippen LogP contribution in [0, 0.1) is 5.82 Å². The second kappa shape index (κ2) is 9.84. The fraction of sp³-hybridized carbons (Fsp3) is 0.143. The molecule has 0 N–H and O–H groups in total. The Hall–Kier alpha value is -3.16. The van der Waals surface area contributed by atoms with Crippen LogP contribution in [0.4, 0.5) is 9.18 Å². The predicted octanol–water partition coefficient (Wildman–Crippen LogP) is 7.39. The highest BCUT2D eigenvalue weighted by atomic mass is 79.9. The maximum Gasteiger partial charge on any atom is 0.293 e. The van der Waals surface area contributed by atoms with Crippen molar-refractivity contribution in [2.45, 2.75) is 26.4 Å². The molecule has 4 aromatic rings. The van der Waals surface area contributed by atoms with Crippen LogP contribution in [0.15, 0.2) is 82.3 Å². The lowest BCUT2D eigenvalue weighted by molar-refractivity contribution is -0.123. The number of hydrogen-bond donors (Lipinski definition) is 0. The molecule has 1 aliphatic heterocycles. The molecular weight excluding hydrogens is 527 g/mol. The summed E-state index contributed by atoms with van der Waals surface area (Å²) in [5, 5.41) is 0.750. The van der Waals surface area contributed by atoms with Crippen LogP contribution in [0.1, 0.15) is 29.2 Å². The first kappa shape index (κ1) is 23.6. The van der Waals surface area contributed by atoms with Crippen molar-refractivity contribution >= 4 is 55.8 Å². The van der Waals surface area contributed by atoms with Crippen LogP contribution < -0.4 is 0 Å². The number of amides is 2. The molecule has 1 aromatic heterocycles. The number of carbonyl (C=O) groups excluding carboxylic acids is 2. The monoisotopic (exact) mass is 548 g/mol. The summed E-state index contributed by atoms with van der Waals surface area (Å²) in [6, 6.07) is 20.2. The molecule has 35 heavy (non-hydrogen) atoms. The number of nitrogens with zero attached hydrogens (tertiary/aromatic N) is 2. The van der Waals surface area contributed by atoms with Gasteiger partial charge in [0.15, 0.2) is 0 Å². The molecule has 4 nitrogen and oxygen atoms in total. The molecule has 176 valence electrons. The van der Waals surface area contributed by atoms with E-state index < -0.39 is 0 Å². The zero-order valence-electron chi connectivity index (χ0n) is 19.0. The van der Waals surface area contributed by atoms with Gasteiger partial charge in [-0.2, -0.15) is 0 Å². The first-order valence-electron chi connectivity index (χ1n) is 11.3. The molecule has 0 saturated carbocycles. The largest absolute Gasteiger partial charge is 0.342 e. The number of imide groups is 1. The van der Waals surface area contributed by atoms with E-state index in [-0.39, 0.29) is 23.5 Å². The first-order valence-corrected chi connectivity index (χ1v) is 12.9. The van der Waals surface area contributed by atoms with E-state index in [4.69, 9.17) is 0 Å². The minimum atomic E-state index is -0.283. The van der Waals surface area contributed by atoms with Crippen molar-refractivity contribution in [1.82, 2.24) is 9.47 Å². The lowest BCUT2D eigenvalue weighted by Gasteiger charge is -2.12. The summed E-state index contributed by atoms with van der Waals surface area (Å²) in [6.07, 6.45) is 4.68. The minimum Gasteiger partial charge on any atom is -0.342 e. The van der Waals surface area contributed by atoms with E-state index in [1.807, 2.05) is 48.7 Å². The van der Waals surface area contributed by atoms with Crippen molar-refractivity contribution in [1.29, 1.82) is 0 Å². The third kappa shape index (κ3) is 4.83. The summed E-state index contributed by atoms with van der Waals surface area (Å²) in [6.45, 7) is 2.92. The number of aromatic nitrogens is 1. The summed E-state index contributed by atoms with van der Waals surface area (Å²) >= 11 is 4.38. The summed E-state index contributed by atoms with van der Waals surface area (Å²) in [4.78, 5) is 27.5. The Morgan fingerprint density at radius 3 is 2.34 bits per heavy atom. The average Bonchev–Trinajstić information content (AvgIpc) is 3.33. The molecule has 0 unspecified atom stereocenters. The van der Waals surface area contributed by atoms with Gasteiger partial charge in [-0.15, -0.1) is 0 Å². The number of para-hydroxylation sites is 1. The molecule has 0 aliphatic carbocycles. The third-order valence-electron chi connectivity index (χ3n) is 6.07. The molecule has 0 bridgehead atoms. The highest BCUT2D eigenvalue weighted by Gasteiger charge is 2.35. The Bertz CT molecular complexity index is 1460. The maximum absolute atomic E-state index is 13.4. The highest BCUT2D eigenvalue weighted by Crippen LogP contribution is 2.36. The lowest BCUT2D eigenvalue weighted by Crippen LogP contribution is -2.27. The van der Waals surface area contributed by atoms with Gasteiger partial charge in [0.05, 0.1) is 17.0 Å². The zero-order chi connectivity index (χ0) is 24.5. The van der Waals surface area contributed by atoms with Gasteiger partial charge in [0.2, 0.25) is 0 Å². The van der Waals surface area contributed by atoms with Crippen LogP contribution in [0.3, 0.4) is 0 Å². The Labute approximate surface area is 215 Å². The molecule has 1 aliphatic rings. The van der Waals surface area contributed by atoms with Crippen molar-refractivity contribution in [3.05, 3.63) is 110 Å². The number of thioether (sulfide) groups is 1. The van der Waals surface area contributed by atoms with Gasteiger partial charge < -0.3 is 4.57 Å². The quantitative estimate of drug-likeness (QED) is 0.236. The van der Waals surface area contributed by atoms with E-state index in [1.165, 1.54) is 22.6 Å². The smallest absolute Gasteiger partial charge is 0.293 e. The van der Waals surface area contributed by atoms with Crippen molar-refractivity contribution in [2.24, 2.45) is 0 Å². The van der Waals surface area contributed by atoms with E-state index in [0.29, 0.717) is 11.4 Å². The highest BCUT2D eigenvalue weighted by molar-refractivity contribution is 9.10. The zero-order valence-corrected chi connectivity index (χ0v) is 21.4. The number of halogens is 2. The second-order valence-corrected chi connectivity index (χ2v) is 10.3. The molecule has 0 atom stereocenters. The molecular formula is C28H22BrFN2O2S. The number of aryl methyl sites for hydroxylation is 1. The Kier molecular flexibility index (Phi) is 6.62. The maximum atomic E-state index is 13.4. The summed E-state index contributed by atoms with van der Waals surface area (Å²) < 4.78 is 16.5. The predicted molar refractivity (Wildman–Crippen MR) is 142 cm³/mol. The standard InChI is InChI=1S/C28H22BrFN2O2S/c1-2-20-4-3-5-24-21(17-31(26(20)24)15-18-8-12-23(30)13-9-18)14-25-27(33)32(28(34)35-25)16-19-6-10-22(29)11-7-19/h3-14,17H,2,15-16H2,1H3/b25-14-. The van der Waals surface area contributed by atoms with Gasteiger partial charge in [-0.3, -0.25) is 14.5 Å². The Balaban J connectivity index is 1.50. The van der Waals surface area contributed by atoms with Crippen LogP contribution in [0.5, 0.6) is 0 Å². The SMILES string of the molecule is CCc1cccc2c(/C=C3\SC(=O)N(Cc4ccc(Br)cc4)C3=O)cn(Cc3ccc(F)cc3)c12. The normalized spacial score (nSPS) is 15.1. The van der Waals surface area contributed by atoms with E-state index in [1.54, 1.807) is 12.1 Å². The van der Waals surface area contributed by atoms with Crippen LogP contribution in [0.25, 0.3) is 17.0 Å². The molecule has 0 radical (unpaired) electrons. The molecule has 1 saturated heterocycles. The molecule has 2 heterocycles. The summed E-state index contributed by atoms with van der Waals surface area (Å²) in [5.74, 6) is -0.547. The van der Waals surface area contributed by atoms with Crippen molar-refractivity contribution < 1.29 is 14.0 Å². The number of rotatable bonds is 6. The molecule has 2 amide bonds. The van der Waals surface area contributed by atoms with Gasteiger partial charge in [0, 0.05) is 28.2 Å². The lowest BCUT2D eigenvalue weighted by atomic mass is 10.1. The van der Waals surface area contributed by atoms with Crippen LogP contribution in [0.2, 0.25) is 0 Å². The van der Waals surface area contributed by atoms with Crippen molar-refractivity contribution in [3.63, 3.8) is 0 Å². The van der Waals surface area contributed by atoms with Gasteiger partial charge >= 0.3 is 0 Å². The number of fused-ring (bicyclic) bond motifs is 1. The Morgan fingerprint density at radius 2 is 1.63 bits per heavy atom. The van der Waals surface area contributed by atoms with E-state index in [0.717, 1.165) is 50.2 Å². The van der Waals surface area contributed by atoms with Gasteiger partial charge in [-0.25, -0.2) is 4.39 Å². The number of carbonyl (C=O) groups is 2. The molecule has 3 aromatic carbocycles. The summed E-state index contributed by atoms with van der Waals surface area (Å²) in [7, 11) is 0. The van der Waals surface area contributed by atoms with E-state index in [9.17, 15) is 14.0 Å². The Morgan fingerprint density at radius 1 is 0.943 bits per heavy atom. The average molecular weight is 549 g/mol. The van der Waals surface area contributed by atoms with Crippen molar-refractivity contribution in [3.8, 4) is 0 Å². The second-order valence-electron chi connectivity index (χ2n) is 8.40. The van der Waals surface area contributed by atoms with Crippen LogP contribution in [-0.4, -0.2) is 20.6 Å². The fourth-order valence-electron chi connectivity index (χ4n) is 4.33. The van der Waals surface area contributed by atoms with Gasteiger partial charge in [-0.05, 0) is 65.2 Å². The van der Waals surface area contributed by atoms with Gasteiger partial charge in [-0.1, -0.05) is 65.3 Å². The molecule has 1 fully saturated rings. The van der Waals surface area contributed by atoms with Gasteiger partial charge in [0.25, 0.3) is 11.1 Å². The van der Waals surface area contributed by atoms with Crippen LogP contribution in [-0.2, 0) is 24.3 Å². The van der Waals surface area contributed by atoms with Crippen LogP contribution >= 0.6 is 27.7 Å². The first-order chi connectivity index (χ1) is 16.9. The molecule has 7 heteroatoms. The topological polar surface area (TPSA) is 42.3 Å². The minimum absolute atomic E-state index is 0.238. The number of hydrogen-bond acceptors (Lipinski definition) is 3. The molecule has 0 spiro atoms. The van der Waals surface area contributed by atoms with E-state index in [2.05, 4.69) is 33.5 Å². The number of benzene rings is 3. The third-order valence-corrected chi connectivity index (χ3v) is 7.51. The molecule has 5 rings (SSSR count).